The molecule has 0 radical (unpaired) electrons. The third-order valence-corrected chi connectivity index (χ3v) is 6.48. The summed E-state index contributed by atoms with van der Waals surface area (Å²) in [5.41, 5.74) is 5.12. The SMILES string of the molecule is c1c(C2CCCC2)cc(C2CCCC2)cc1C1CCCC1. The van der Waals surface area contributed by atoms with Crippen LogP contribution >= 0.6 is 0 Å². The van der Waals surface area contributed by atoms with Gasteiger partial charge in [-0.05, 0) is 73.0 Å². The molecule has 1 aromatic rings. The van der Waals surface area contributed by atoms with Crippen molar-refractivity contribution in [3.63, 3.8) is 0 Å². The predicted molar refractivity (Wildman–Crippen MR) is 90.1 cm³/mol. The average molecular weight is 282 g/mol. The molecule has 0 amide bonds. The van der Waals surface area contributed by atoms with Crippen molar-refractivity contribution in [3.8, 4) is 0 Å². The normalized spacial score (nSPS) is 25.1. The van der Waals surface area contributed by atoms with Gasteiger partial charge in [0, 0.05) is 0 Å². The van der Waals surface area contributed by atoms with Crippen molar-refractivity contribution >= 4 is 0 Å². The Kier molecular flexibility index (Phi) is 4.05. The molecule has 114 valence electrons. The van der Waals surface area contributed by atoms with Crippen LogP contribution in [0.25, 0.3) is 0 Å². The van der Waals surface area contributed by atoms with Gasteiger partial charge < -0.3 is 0 Å². The summed E-state index contributed by atoms with van der Waals surface area (Å²) in [7, 11) is 0. The summed E-state index contributed by atoms with van der Waals surface area (Å²) in [6.07, 6.45) is 17.4. The Balaban J connectivity index is 1.67. The van der Waals surface area contributed by atoms with Gasteiger partial charge in [-0.15, -0.1) is 0 Å². The first-order valence-corrected chi connectivity index (χ1v) is 9.55. The zero-order valence-corrected chi connectivity index (χ0v) is 13.4. The van der Waals surface area contributed by atoms with Gasteiger partial charge in [0.2, 0.25) is 0 Å². The van der Waals surface area contributed by atoms with Crippen molar-refractivity contribution in [2.24, 2.45) is 0 Å². The molecule has 3 aliphatic carbocycles. The van der Waals surface area contributed by atoms with Crippen LogP contribution in [-0.4, -0.2) is 0 Å². The molecule has 0 bridgehead atoms. The van der Waals surface area contributed by atoms with Gasteiger partial charge in [0.1, 0.15) is 0 Å². The van der Waals surface area contributed by atoms with E-state index < -0.39 is 0 Å². The van der Waals surface area contributed by atoms with Crippen LogP contribution in [0.2, 0.25) is 0 Å². The second-order valence-electron chi connectivity index (χ2n) is 7.88. The van der Waals surface area contributed by atoms with Crippen LogP contribution in [0.1, 0.15) is 111 Å². The van der Waals surface area contributed by atoms with Gasteiger partial charge in [0.05, 0.1) is 0 Å². The van der Waals surface area contributed by atoms with Gasteiger partial charge in [-0.1, -0.05) is 56.7 Å². The van der Waals surface area contributed by atoms with E-state index in [0.29, 0.717) is 0 Å². The topological polar surface area (TPSA) is 0 Å². The summed E-state index contributed by atoms with van der Waals surface area (Å²) in [6.45, 7) is 0. The van der Waals surface area contributed by atoms with E-state index in [1.807, 2.05) is 0 Å². The van der Waals surface area contributed by atoms with Gasteiger partial charge in [-0.2, -0.15) is 0 Å². The van der Waals surface area contributed by atoms with Crippen molar-refractivity contribution in [3.05, 3.63) is 34.9 Å². The summed E-state index contributed by atoms with van der Waals surface area (Å²) < 4.78 is 0. The highest BCUT2D eigenvalue weighted by molar-refractivity contribution is 5.37. The molecule has 3 aliphatic rings. The van der Waals surface area contributed by atoms with E-state index in [9.17, 15) is 0 Å². The Morgan fingerprint density at radius 2 is 0.667 bits per heavy atom. The summed E-state index contributed by atoms with van der Waals surface area (Å²) >= 11 is 0. The first-order chi connectivity index (χ1) is 10.4. The van der Waals surface area contributed by atoms with Crippen LogP contribution in [0.5, 0.6) is 0 Å². The van der Waals surface area contributed by atoms with Crippen LogP contribution in [0.3, 0.4) is 0 Å². The molecule has 0 N–H and O–H groups in total. The minimum absolute atomic E-state index is 0.881. The molecular weight excluding hydrogens is 252 g/mol. The zero-order chi connectivity index (χ0) is 14.1. The monoisotopic (exact) mass is 282 g/mol. The molecule has 1 aromatic carbocycles. The highest BCUT2D eigenvalue weighted by Gasteiger charge is 2.24. The molecule has 0 aromatic heterocycles. The van der Waals surface area contributed by atoms with E-state index in [1.54, 1.807) is 16.7 Å². The maximum absolute atomic E-state index is 2.62. The molecule has 0 spiro atoms. The number of hydrogen-bond acceptors (Lipinski definition) is 0. The van der Waals surface area contributed by atoms with Gasteiger partial charge in [0.15, 0.2) is 0 Å². The van der Waals surface area contributed by atoms with Crippen molar-refractivity contribution in [2.45, 2.75) is 94.8 Å². The third-order valence-electron chi connectivity index (χ3n) is 6.48. The molecule has 3 saturated carbocycles. The summed E-state index contributed by atoms with van der Waals surface area (Å²) in [6, 6.07) is 7.85. The molecule has 3 fully saturated rings. The fourth-order valence-electron chi connectivity index (χ4n) is 5.19. The lowest BCUT2D eigenvalue weighted by Crippen LogP contribution is -2.02. The Morgan fingerprint density at radius 1 is 0.429 bits per heavy atom. The quantitative estimate of drug-likeness (QED) is 0.581. The van der Waals surface area contributed by atoms with Crippen molar-refractivity contribution in [1.82, 2.24) is 0 Å². The molecule has 21 heavy (non-hydrogen) atoms. The molecule has 0 heterocycles. The van der Waals surface area contributed by atoms with E-state index in [1.165, 1.54) is 77.0 Å². The van der Waals surface area contributed by atoms with Crippen molar-refractivity contribution in [1.29, 1.82) is 0 Å². The summed E-state index contributed by atoms with van der Waals surface area (Å²) in [5, 5.41) is 0. The zero-order valence-electron chi connectivity index (χ0n) is 13.4. The van der Waals surface area contributed by atoms with Crippen LogP contribution in [0.4, 0.5) is 0 Å². The predicted octanol–water partition coefficient (Wildman–Crippen LogP) is 6.66. The van der Waals surface area contributed by atoms with E-state index in [2.05, 4.69) is 18.2 Å². The standard InChI is InChI=1S/C21H30/c1-2-8-16(7-1)19-13-20(17-9-3-4-10-17)15-21(14-19)18-11-5-6-12-18/h13-18H,1-12H2. The number of benzene rings is 1. The molecule has 0 unspecified atom stereocenters. The van der Waals surface area contributed by atoms with Gasteiger partial charge in [0.25, 0.3) is 0 Å². The maximum atomic E-state index is 2.62. The Labute approximate surface area is 130 Å². The molecule has 0 nitrogen and oxygen atoms in total. The van der Waals surface area contributed by atoms with E-state index in [-0.39, 0.29) is 0 Å². The molecular formula is C21H30. The largest absolute Gasteiger partial charge is 0.0552 e. The lowest BCUT2D eigenvalue weighted by Gasteiger charge is -2.20. The first kappa shape index (κ1) is 13.9. The molecule has 0 saturated heterocycles. The molecule has 0 aliphatic heterocycles. The lowest BCUT2D eigenvalue weighted by atomic mass is 9.85. The Bertz CT molecular complexity index is 385. The van der Waals surface area contributed by atoms with Gasteiger partial charge in [-0.25, -0.2) is 0 Å². The lowest BCUT2D eigenvalue weighted by molar-refractivity contribution is 0.679. The smallest absolute Gasteiger partial charge is 0.0162 e. The fraction of sp³-hybridized carbons (Fsp3) is 0.714. The van der Waals surface area contributed by atoms with E-state index >= 15 is 0 Å². The number of rotatable bonds is 3. The van der Waals surface area contributed by atoms with Crippen LogP contribution in [0, 0.1) is 0 Å². The van der Waals surface area contributed by atoms with Gasteiger partial charge >= 0.3 is 0 Å². The average Bonchev–Trinajstić information content (AvgIpc) is 3.29. The van der Waals surface area contributed by atoms with E-state index in [4.69, 9.17) is 0 Å². The van der Waals surface area contributed by atoms with Crippen molar-refractivity contribution in [2.75, 3.05) is 0 Å². The summed E-state index contributed by atoms with van der Waals surface area (Å²) in [4.78, 5) is 0. The highest BCUT2D eigenvalue weighted by atomic mass is 14.3. The second-order valence-corrected chi connectivity index (χ2v) is 7.88. The van der Waals surface area contributed by atoms with Crippen molar-refractivity contribution < 1.29 is 0 Å². The minimum atomic E-state index is 0.881. The molecule has 0 atom stereocenters. The highest BCUT2D eigenvalue weighted by Crippen LogP contribution is 2.42. The van der Waals surface area contributed by atoms with Crippen LogP contribution in [0.15, 0.2) is 18.2 Å². The fourth-order valence-corrected chi connectivity index (χ4v) is 5.19. The summed E-state index contributed by atoms with van der Waals surface area (Å²) in [5.74, 6) is 2.64. The Hall–Kier alpha value is -0.780. The third kappa shape index (κ3) is 2.91. The molecule has 0 heteroatoms. The van der Waals surface area contributed by atoms with Crippen LogP contribution in [-0.2, 0) is 0 Å². The van der Waals surface area contributed by atoms with Crippen LogP contribution < -0.4 is 0 Å². The van der Waals surface area contributed by atoms with Gasteiger partial charge in [-0.3, -0.25) is 0 Å². The molecule has 4 rings (SSSR count). The number of hydrogen-bond donors (Lipinski definition) is 0. The first-order valence-electron chi connectivity index (χ1n) is 9.55. The minimum Gasteiger partial charge on any atom is -0.0552 e. The second kappa shape index (κ2) is 6.15. The maximum Gasteiger partial charge on any atom is -0.0162 e. The Morgan fingerprint density at radius 3 is 0.905 bits per heavy atom. The van der Waals surface area contributed by atoms with E-state index in [0.717, 1.165) is 17.8 Å².